The molecule has 0 amide bonds. The number of allylic oxidation sites excluding steroid dienone is 3. The number of aromatic amines is 2. The monoisotopic (exact) mass is 547 g/mol. The highest BCUT2D eigenvalue weighted by Gasteiger charge is 2.22. The number of aromatic nitrogens is 6. The molecule has 2 N–H and O–H groups in total. The number of benzene rings is 1. The van der Waals surface area contributed by atoms with Crippen molar-refractivity contribution in [2.75, 3.05) is 26.2 Å². The van der Waals surface area contributed by atoms with Crippen molar-refractivity contribution in [3.63, 3.8) is 0 Å². The SMILES string of the molecule is CC1=CC=C(c2cccc(F)c2)c2nc(-c3n[nH]c4cnc(-c5cncc(OCCN6CCCC6)c5)cc34)[nH]c2C1. The number of fused-ring (bicyclic) bond motifs is 2. The fraction of sp³-hybridized carbons (Fsp3) is 0.250. The molecule has 8 nitrogen and oxygen atoms in total. The Morgan fingerprint density at radius 3 is 2.78 bits per heavy atom. The van der Waals surface area contributed by atoms with Crippen LogP contribution in [-0.2, 0) is 6.42 Å². The van der Waals surface area contributed by atoms with Gasteiger partial charge in [0.25, 0.3) is 0 Å². The van der Waals surface area contributed by atoms with Gasteiger partial charge in [0.15, 0.2) is 5.82 Å². The Bertz CT molecular complexity index is 1790. The minimum atomic E-state index is -0.278. The molecule has 4 aromatic heterocycles. The molecule has 0 saturated carbocycles. The fourth-order valence-corrected chi connectivity index (χ4v) is 5.60. The van der Waals surface area contributed by atoms with Gasteiger partial charge < -0.3 is 9.72 Å². The zero-order chi connectivity index (χ0) is 27.8. The summed E-state index contributed by atoms with van der Waals surface area (Å²) in [5.74, 6) is 1.10. The molecule has 0 radical (unpaired) electrons. The summed E-state index contributed by atoms with van der Waals surface area (Å²) in [6.45, 7) is 5.93. The van der Waals surface area contributed by atoms with Gasteiger partial charge >= 0.3 is 0 Å². The van der Waals surface area contributed by atoms with Crippen LogP contribution in [0, 0.1) is 5.82 Å². The molecular weight excluding hydrogens is 517 g/mol. The van der Waals surface area contributed by atoms with E-state index < -0.39 is 0 Å². The van der Waals surface area contributed by atoms with E-state index in [1.54, 1.807) is 30.7 Å². The van der Waals surface area contributed by atoms with Gasteiger partial charge in [-0.3, -0.25) is 20.0 Å². The molecule has 1 aliphatic carbocycles. The van der Waals surface area contributed by atoms with E-state index in [0.717, 1.165) is 70.1 Å². The van der Waals surface area contributed by atoms with Gasteiger partial charge in [-0.25, -0.2) is 9.37 Å². The first kappa shape index (κ1) is 25.3. The summed E-state index contributed by atoms with van der Waals surface area (Å²) in [6.07, 6.45) is 12.6. The first-order valence-electron chi connectivity index (χ1n) is 14.0. The number of imidazole rings is 1. The Hall–Kier alpha value is -4.63. The molecule has 1 aliphatic heterocycles. The van der Waals surface area contributed by atoms with E-state index in [1.165, 1.54) is 24.5 Å². The zero-order valence-corrected chi connectivity index (χ0v) is 22.8. The predicted octanol–water partition coefficient (Wildman–Crippen LogP) is 5.96. The lowest BCUT2D eigenvalue weighted by atomic mass is 10.0. The van der Waals surface area contributed by atoms with Gasteiger partial charge in [0, 0.05) is 41.4 Å². The van der Waals surface area contributed by atoms with Crippen LogP contribution in [0.1, 0.15) is 36.7 Å². The van der Waals surface area contributed by atoms with Crippen molar-refractivity contribution in [2.45, 2.75) is 26.2 Å². The Balaban J connectivity index is 1.20. The van der Waals surface area contributed by atoms with E-state index >= 15 is 0 Å². The van der Waals surface area contributed by atoms with Gasteiger partial charge in [-0.15, -0.1) is 0 Å². The van der Waals surface area contributed by atoms with E-state index in [9.17, 15) is 4.39 Å². The maximum absolute atomic E-state index is 14.1. The number of hydrogen-bond donors (Lipinski definition) is 2. The maximum atomic E-state index is 14.1. The molecule has 1 fully saturated rings. The van der Waals surface area contributed by atoms with Gasteiger partial charge in [-0.05, 0) is 62.7 Å². The number of nitrogens with zero attached hydrogens (tertiary/aromatic N) is 5. The van der Waals surface area contributed by atoms with Crippen LogP contribution in [0.5, 0.6) is 5.75 Å². The summed E-state index contributed by atoms with van der Waals surface area (Å²) in [6, 6.07) is 10.6. The molecule has 5 aromatic rings. The lowest BCUT2D eigenvalue weighted by molar-refractivity contribution is 0.237. The van der Waals surface area contributed by atoms with Crippen LogP contribution in [0.4, 0.5) is 4.39 Å². The fourth-order valence-electron chi connectivity index (χ4n) is 5.60. The molecule has 9 heteroatoms. The van der Waals surface area contributed by atoms with E-state index in [2.05, 4.69) is 43.0 Å². The number of likely N-dealkylation sites (tertiary alicyclic amines) is 1. The number of halogens is 1. The first-order valence-corrected chi connectivity index (χ1v) is 14.0. The van der Waals surface area contributed by atoms with E-state index in [0.29, 0.717) is 24.5 Å². The smallest absolute Gasteiger partial charge is 0.159 e. The molecule has 2 aliphatic rings. The molecule has 0 unspecified atom stereocenters. The maximum Gasteiger partial charge on any atom is 0.159 e. The standard InChI is InChI=1S/C32H30FN7O/c1-20-7-8-25(21-5-4-6-23(33)14-21)30-28(13-20)36-32(37-30)31-26-16-27(35-19-29(26)38-39-31)22-15-24(18-34-17-22)41-12-11-40-9-2-3-10-40/h4-8,14-19H,2-3,9-13H2,1H3,(H,36,37)(H,38,39). The van der Waals surface area contributed by atoms with Gasteiger partial charge in [0.05, 0.1) is 29.3 Å². The normalized spacial score (nSPS) is 15.5. The quantitative estimate of drug-likeness (QED) is 0.261. The third-order valence-corrected chi connectivity index (χ3v) is 7.72. The molecule has 0 bridgehead atoms. The summed E-state index contributed by atoms with van der Waals surface area (Å²) < 4.78 is 20.1. The predicted molar refractivity (Wildman–Crippen MR) is 157 cm³/mol. The van der Waals surface area contributed by atoms with Crippen LogP contribution in [0.15, 0.2) is 72.7 Å². The molecular formula is C32H30FN7O. The topological polar surface area (TPSA) is 95.6 Å². The third kappa shape index (κ3) is 5.16. The second-order valence-electron chi connectivity index (χ2n) is 10.7. The zero-order valence-electron chi connectivity index (χ0n) is 22.8. The first-order chi connectivity index (χ1) is 20.1. The Labute approximate surface area is 237 Å². The minimum absolute atomic E-state index is 0.278. The minimum Gasteiger partial charge on any atom is -0.491 e. The lowest BCUT2D eigenvalue weighted by Gasteiger charge is -2.15. The highest BCUT2D eigenvalue weighted by molar-refractivity contribution is 5.93. The molecule has 1 saturated heterocycles. The Morgan fingerprint density at radius 2 is 1.90 bits per heavy atom. The highest BCUT2D eigenvalue weighted by atomic mass is 19.1. The number of hydrogen-bond acceptors (Lipinski definition) is 6. The van der Waals surface area contributed by atoms with Crippen molar-refractivity contribution in [3.05, 3.63) is 95.5 Å². The molecule has 41 heavy (non-hydrogen) atoms. The largest absolute Gasteiger partial charge is 0.491 e. The van der Waals surface area contributed by atoms with E-state index in [4.69, 9.17) is 9.72 Å². The molecule has 0 spiro atoms. The molecule has 206 valence electrons. The van der Waals surface area contributed by atoms with E-state index in [-0.39, 0.29) is 5.82 Å². The number of H-pyrrole nitrogens is 2. The van der Waals surface area contributed by atoms with Crippen molar-refractivity contribution in [2.24, 2.45) is 0 Å². The second kappa shape index (κ2) is 10.7. The lowest BCUT2D eigenvalue weighted by Crippen LogP contribution is -2.25. The summed E-state index contributed by atoms with van der Waals surface area (Å²) in [5.41, 5.74) is 7.73. The average molecular weight is 548 g/mol. The van der Waals surface area contributed by atoms with Crippen LogP contribution in [0.25, 0.3) is 39.3 Å². The van der Waals surface area contributed by atoms with Crippen molar-refractivity contribution in [1.29, 1.82) is 0 Å². The number of rotatable bonds is 7. The van der Waals surface area contributed by atoms with Crippen LogP contribution < -0.4 is 4.74 Å². The van der Waals surface area contributed by atoms with Gasteiger partial charge in [-0.1, -0.05) is 29.9 Å². The van der Waals surface area contributed by atoms with Crippen molar-refractivity contribution in [1.82, 2.24) is 35.0 Å². The van der Waals surface area contributed by atoms with E-state index in [1.807, 2.05) is 24.3 Å². The molecule has 1 aromatic carbocycles. The van der Waals surface area contributed by atoms with Crippen LogP contribution in [0.2, 0.25) is 0 Å². The van der Waals surface area contributed by atoms with Crippen molar-refractivity contribution >= 4 is 16.5 Å². The average Bonchev–Trinajstić information content (AvgIpc) is 3.72. The van der Waals surface area contributed by atoms with Gasteiger partial charge in [0.1, 0.15) is 23.9 Å². The van der Waals surface area contributed by atoms with Crippen LogP contribution >= 0.6 is 0 Å². The number of nitrogens with one attached hydrogen (secondary N) is 2. The summed E-state index contributed by atoms with van der Waals surface area (Å²) >= 11 is 0. The summed E-state index contributed by atoms with van der Waals surface area (Å²) in [4.78, 5) is 20.0. The Kier molecular flexibility index (Phi) is 6.64. The molecule has 7 rings (SSSR count). The summed E-state index contributed by atoms with van der Waals surface area (Å²) in [7, 11) is 0. The van der Waals surface area contributed by atoms with Crippen LogP contribution in [0.3, 0.4) is 0 Å². The molecule has 5 heterocycles. The second-order valence-corrected chi connectivity index (χ2v) is 10.7. The Morgan fingerprint density at radius 1 is 1.00 bits per heavy atom. The van der Waals surface area contributed by atoms with Crippen molar-refractivity contribution < 1.29 is 9.13 Å². The highest BCUT2D eigenvalue weighted by Crippen LogP contribution is 2.34. The number of ether oxygens (including phenoxy) is 1. The molecule has 0 atom stereocenters. The van der Waals surface area contributed by atoms with Gasteiger partial charge in [-0.2, -0.15) is 5.10 Å². The van der Waals surface area contributed by atoms with Gasteiger partial charge in [0.2, 0.25) is 0 Å². The summed E-state index contributed by atoms with van der Waals surface area (Å²) in [5, 5.41) is 8.58. The number of pyridine rings is 2. The van der Waals surface area contributed by atoms with Crippen LogP contribution in [-0.4, -0.2) is 61.3 Å². The van der Waals surface area contributed by atoms with Crippen molar-refractivity contribution in [3.8, 4) is 28.5 Å². The third-order valence-electron chi connectivity index (χ3n) is 7.72.